The molecule has 0 aromatic carbocycles. The molecule has 0 saturated heterocycles. The van der Waals surface area contributed by atoms with Crippen molar-refractivity contribution >= 4 is 39.8 Å². The monoisotopic (exact) mass is 480 g/mol. The van der Waals surface area contributed by atoms with Crippen LogP contribution in [0, 0.1) is 0 Å². The highest BCUT2D eigenvalue weighted by Gasteiger charge is 2.02. The van der Waals surface area contributed by atoms with Crippen LogP contribution in [-0.4, -0.2) is 98.5 Å². The molecule has 0 aromatic heterocycles. The molecule has 0 rings (SSSR count). The standard InChI is InChI=1S/C14H32N4O4S.HI/c1-15-14(16-6-9-18(2)8-5-10-21-3)17-7-11-22-12-13-23(4,19)20;/h5-13H2,1-4H3,(H2,15,16,17);1H. The third-order valence-corrected chi connectivity index (χ3v) is 3.94. The molecule has 0 radical (unpaired) electrons. The van der Waals surface area contributed by atoms with E-state index in [1.165, 1.54) is 6.26 Å². The number of methoxy groups -OCH3 is 1. The van der Waals surface area contributed by atoms with Crippen LogP contribution in [0.2, 0.25) is 0 Å². The van der Waals surface area contributed by atoms with Crippen LogP contribution >= 0.6 is 24.0 Å². The Hall–Kier alpha value is -0.170. The first-order valence-corrected chi connectivity index (χ1v) is 9.82. The lowest BCUT2D eigenvalue weighted by molar-refractivity contribution is 0.154. The first-order valence-electron chi connectivity index (χ1n) is 7.76. The minimum Gasteiger partial charge on any atom is -0.385 e. The van der Waals surface area contributed by atoms with Gasteiger partial charge in [0.1, 0.15) is 9.84 Å². The number of guanidine groups is 1. The van der Waals surface area contributed by atoms with Crippen molar-refractivity contribution in [3.63, 3.8) is 0 Å². The van der Waals surface area contributed by atoms with E-state index in [-0.39, 0.29) is 36.3 Å². The zero-order chi connectivity index (χ0) is 17.6. The van der Waals surface area contributed by atoms with E-state index in [1.54, 1.807) is 14.2 Å². The molecule has 8 nitrogen and oxygen atoms in total. The van der Waals surface area contributed by atoms with E-state index in [0.29, 0.717) is 19.1 Å². The maximum atomic E-state index is 10.9. The Bertz CT molecular complexity index is 421. The number of hydrogen-bond donors (Lipinski definition) is 2. The molecule has 0 bridgehead atoms. The van der Waals surface area contributed by atoms with Gasteiger partial charge in [-0.3, -0.25) is 4.99 Å². The molecule has 0 aliphatic carbocycles. The van der Waals surface area contributed by atoms with Crippen LogP contribution in [0.4, 0.5) is 0 Å². The Morgan fingerprint density at radius 2 is 1.79 bits per heavy atom. The zero-order valence-corrected chi connectivity index (χ0v) is 18.4. The average Bonchev–Trinajstić information content (AvgIpc) is 2.48. The minimum absolute atomic E-state index is 0. The Morgan fingerprint density at radius 1 is 1.12 bits per heavy atom. The van der Waals surface area contributed by atoms with E-state index < -0.39 is 9.84 Å². The molecule has 24 heavy (non-hydrogen) atoms. The number of rotatable bonds is 13. The number of nitrogens with zero attached hydrogens (tertiary/aromatic N) is 2. The summed E-state index contributed by atoms with van der Waals surface area (Å²) in [5.41, 5.74) is 0. The van der Waals surface area contributed by atoms with Gasteiger partial charge in [0, 0.05) is 53.2 Å². The van der Waals surface area contributed by atoms with Gasteiger partial charge >= 0.3 is 0 Å². The van der Waals surface area contributed by atoms with E-state index in [1.807, 2.05) is 0 Å². The third kappa shape index (κ3) is 18.2. The third-order valence-electron chi connectivity index (χ3n) is 3.04. The highest BCUT2D eigenvalue weighted by Crippen LogP contribution is 1.87. The normalized spacial score (nSPS) is 12.1. The molecule has 0 aliphatic heterocycles. The van der Waals surface area contributed by atoms with Crippen LogP contribution in [-0.2, 0) is 19.3 Å². The molecule has 0 heterocycles. The van der Waals surface area contributed by atoms with Crippen LogP contribution in [0.25, 0.3) is 0 Å². The van der Waals surface area contributed by atoms with Crippen molar-refractivity contribution in [3.8, 4) is 0 Å². The topological polar surface area (TPSA) is 92.3 Å². The highest BCUT2D eigenvalue weighted by atomic mass is 127. The predicted octanol–water partition coefficient (Wildman–Crippen LogP) is -0.201. The van der Waals surface area contributed by atoms with Crippen LogP contribution in [0.15, 0.2) is 4.99 Å². The molecule has 0 unspecified atom stereocenters. The van der Waals surface area contributed by atoms with Crippen molar-refractivity contribution in [1.29, 1.82) is 0 Å². The summed E-state index contributed by atoms with van der Waals surface area (Å²) in [6.07, 6.45) is 2.22. The molecule has 146 valence electrons. The molecule has 0 fully saturated rings. The highest BCUT2D eigenvalue weighted by molar-refractivity contribution is 14.0. The lowest BCUT2D eigenvalue weighted by Crippen LogP contribution is -2.42. The quantitative estimate of drug-likeness (QED) is 0.163. The second-order valence-corrected chi connectivity index (χ2v) is 7.58. The maximum absolute atomic E-state index is 10.9. The number of halogens is 1. The summed E-state index contributed by atoms with van der Waals surface area (Å²) in [7, 11) is 2.54. The van der Waals surface area contributed by atoms with Crippen molar-refractivity contribution in [3.05, 3.63) is 0 Å². The maximum Gasteiger partial charge on any atom is 0.191 e. The first kappa shape index (κ1) is 26.1. The van der Waals surface area contributed by atoms with Crippen molar-refractivity contribution in [2.24, 2.45) is 4.99 Å². The van der Waals surface area contributed by atoms with Crippen molar-refractivity contribution < 1.29 is 17.9 Å². The van der Waals surface area contributed by atoms with Gasteiger partial charge in [-0.05, 0) is 13.5 Å². The largest absolute Gasteiger partial charge is 0.385 e. The summed E-state index contributed by atoms with van der Waals surface area (Å²) >= 11 is 0. The Labute approximate surface area is 163 Å². The first-order chi connectivity index (χ1) is 10.9. The Balaban J connectivity index is 0. The van der Waals surface area contributed by atoms with E-state index in [0.717, 1.165) is 32.7 Å². The molecular weight excluding hydrogens is 447 g/mol. The summed E-state index contributed by atoms with van der Waals surface area (Å²) in [4.78, 5) is 6.35. The average molecular weight is 480 g/mol. The van der Waals surface area contributed by atoms with Gasteiger partial charge in [0.05, 0.1) is 19.0 Å². The van der Waals surface area contributed by atoms with Gasteiger partial charge in [0.2, 0.25) is 0 Å². The minimum atomic E-state index is -2.96. The fraction of sp³-hybridized carbons (Fsp3) is 0.929. The molecular formula is C14H33IN4O4S. The molecule has 0 saturated carbocycles. The second kappa shape index (κ2) is 16.3. The molecule has 0 amide bonds. The number of sulfone groups is 1. The summed E-state index contributed by atoms with van der Waals surface area (Å²) < 4.78 is 32.2. The van der Waals surface area contributed by atoms with E-state index >= 15 is 0 Å². The van der Waals surface area contributed by atoms with Crippen molar-refractivity contribution in [1.82, 2.24) is 15.5 Å². The molecule has 0 spiro atoms. The van der Waals surface area contributed by atoms with Crippen LogP contribution in [0.5, 0.6) is 0 Å². The fourth-order valence-electron chi connectivity index (χ4n) is 1.73. The number of nitrogens with one attached hydrogen (secondary N) is 2. The van der Waals surface area contributed by atoms with Gasteiger partial charge in [0.25, 0.3) is 0 Å². The molecule has 0 aliphatic rings. The van der Waals surface area contributed by atoms with Crippen LogP contribution in [0.1, 0.15) is 6.42 Å². The van der Waals surface area contributed by atoms with Gasteiger partial charge in [-0.1, -0.05) is 0 Å². The zero-order valence-electron chi connectivity index (χ0n) is 15.2. The van der Waals surface area contributed by atoms with E-state index in [2.05, 4.69) is 27.6 Å². The Kier molecular flexibility index (Phi) is 17.7. The second-order valence-electron chi connectivity index (χ2n) is 5.32. The van der Waals surface area contributed by atoms with Crippen LogP contribution < -0.4 is 10.6 Å². The molecule has 10 heteroatoms. The summed E-state index contributed by atoms with van der Waals surface area (Å²) in [6, 6.07) is 0. The number of ether oxygens (including phenoxy) is 2. The lowest BCUT2D eigenvalue weighted by atomic mass is 10.4. The van der Waals surface area contributed by atoms with Gasteiger partial charge in [0.15, 0.2) is 5.96 Å². The van der Waals surface area contributed by atoms with Gasteiger partial charge in [-0.15, -0.1) is 24.0 Å². The van der Waals surface area contributed by atoms with Gasteiger partial charge in [-0.25, -0.2) is 8.42 Å². The molecule has 2 N–H and O–H groups in total. The lowest BCUT2D eigenvalue weighted by Gasteiger charge is -2.18. The summed E-state index contributed by atoms with van der Waals surface area (Å²) in [6.45, 7) is 4.71. The van der Waals surface area contributed by atoms with Crippen LogP contribution in [0.3, 0.4) is 0 Å². The number of aliphatic imine (C=N–C) groups is 1. The Morgan fingerprint density at radius 3 is 2.38 bits per heavy atom. The predicted molar refractivity (Wildman–Crippen MR) is 109 cm³/mol. The molecule has 0 aromatic rings. The fourth-order valence-corrected chi connectivity index (χ4v) is 2.15. The number of likely N-dealkylation sites (N-methyl/N-ethyl adjacent to an activating group) is 1. The van der Waals surface area contributed by atoms with Gasteiger partial charge in [-0.2, -0.15) is 0 Å². The summed E-state index contributed by atoms with van der Waals surface area (Å²) in [5.74, 6) is 0.761. The van der Waals surface area contributed by atoms with E-state index in [9.17, 15) is 8.42 Å². The van der Waals surface area contributed by atoms with Crippen molar-refractivity contribution in [2.45, 2.75) is 6.42 Å². The smallest absolute Gasteiger partial charge is 0.191 e. The summed E-state index contributed by atoms with van der Waals surface area (Å²) in [5, 5.41) is 6.34. The number of hydrogen-bond acceptors (Lipinski definition) is 6. The SMILES string of the molecule is CN=C(NCCOCCS(C)(=O)=O)NCCN(C)CCCOC.I. The van der Waals surface area contributed by atoms with Gasteiger partial charge < -0.3 is 25.0 Å². The molecule has 0 atom stereocenters. The van der Waals surface area contributed by atoms with Crippen molar-refractivity contribution in [2.75, 3.05) is 79.2 Å². The van der Waals surface area contributed by atoms with E-state index in [4.69, 9.17) is 9.47 Å².